The van der Waals surface area contributed by atoms with E-state index in [1.165, 1.54) is 6.92 Å². The fraction of sp³-hybridized carbons (Fsp3) is 0.286. The Morgan fingerprint density at radius 3 is 2.70 bits per heavy atom. The smallest absolute Gasteiger partial charge is 0.344 e. The van der Waals surface area contributed by atoms with Gasteiger partial charge in [0.15, 0.2) is 6.10 Å². The molecule has 0 radical (unpaired) electrons. The van der Waals surface area contributed by atoms with Gasteiger partial charge in [-0.15, -0.1) is 0 Å². The van der Waals surface area contributed by atoms with Crippen LogP contribution in [0.3, 0.4) is 0 Å². The Hall–Kier alpha value is -2.01. The fourth-order valence-electron chi connectivity index (χ4n) is 1.92. The summed E-state index contributed by atoms with van der Waals surface area (Å²) >= 11 is 6.03. The maximum Gasteiger partial charge on any atom is 0.344 e. The lowest BCUT2D eigenvalue weighted by molar-refractivity contribution is -0.144. The van der Waals surface area contributed by atoms with Gasteiger partial charge in [0, 0.05) is 29.4 Å². The maximum absolute atomic E-state index is 10.9. The van der Waals surface area contributed by atoms with Crippen molar-refractivity contribution >= 4 is 17.6 Å². The lowest BCUT2D eigenvalue weighted by atomic mass is 10.1. The predicted molar refractivity (Wildman–Crippen MR) is 76.1 cm³/mol. The molecule has 0 bridgehead atoms. The van der Waals surface area contributed by atoms with Crippen LogP contribution in [0.4, 0.5) is 0 Å². The van der Waals surface area contributed by atoms with E-state index in [4.69, 9.17) is 21.4 Å². The molecule has 20 heavy (non-hydrogen) atoms. The minimum Gasteiger partial charge on any atom is -0.479 e. The summed E-state index contributed by atoms with van der Waals surface area (Å²) in [5, 5.41) is 13.8. The summed E-state index contributed by atoms with van der Waals surface area (Å²) in [6.07, 6.45) is 0.908. The molecule has 0 aliphatic carbocycles. The molecule has 1 aromatic carbocycles. The van der Waals surface area contributed by atoms with Crippen LogP contribution in [0, 0.1) is 6.92 Å². The zero-order chi connectivity index (χ0) is 14.9. The molecule has 1 heterocycles. The van der Waals surface area contributed by atoms with Crippen LogP contribution in [-0.2, 0) is 11.8 Å². The molecular weight excluding hydrogens is 280 g/mol. The molecule has 1 unspecified atom stereocenters. The molecule has 6 heteroatoms. The summed E-state index contributed by atoms with van der Waals surface area (Å²) in [5.74, 6) is -0.547. The van der Waals surface area contributed by atoms with E-state index in [-0.39, 0.29) is 0 Å². The molecule has 0 fully saturated rings. The van der Waals surface area contributed by atoms with E-state index in [1.54, 1.807) is 22.9 Å². The first kappa shape index (κ1) is 14.4. The molecule has 2 aromatic rings. The lowest BCUT2D eigenvalue weighted by Crippen LogP contribution is -2.23. The van der Waals surface area contributed by atoms with E-state index in [1.807, 2.05) is 20.2 Å². The molecule has 1 N–H and O–H groups in total. The van der Waals surface area contributed by atoms with E-state index >= 15 is 0 Å². The first-order valence-electron chi connectivity index (χ1n) is 6.08. The molecule has 5 nitrogen and oxygen atoms in total. The zero-order valence-electron chi connectivity index (χ0n) is 11.4. The van der Waals surface area contributed by atoms with Crippen LogP contribution < -0.4 is 4.74 Å². The average molecular weight is 295 g/mol. The molecule has 1 aromatic heterocycles. The number of hydrogen-bond acceptors (Lipinski definition) is 3. The van der Waals surface area contributed by atoms with Crippen molar-refractivity contribution in [2.75, 3.05) is 0 Å². The zero-order valence-corrected chi connectivity index (χ0v) is 12.2. The van der Waals surface area contributed by atoms with Crippen LogP contribution in [0.15, 0.2) is 24.4 Å². The highest BCUT2D eigenvalue weighted by molar-refractivity contribution is 6.31. The van der Waals surface area contributed by atoms with Crippen molar-refractivity contribution in [2.24, 2.45) is 7.05 Å². The van der Waals surface area contributed by atoms with Gasteiger partial charge in [0.25, 0.3) is 0 Å². The molecule has 0 saturated carbocycles. The standard InChI is InChI=1S/C14H15ClN2O3/c1-8-12(7-17(3)16-8)11-6-10(15)4-5-13(11)20-9(2)14(18)19/h4-7,9H,1-3H3,(H,18,19). The number of benzene rings is 1. The lowest BCUT2D eigenvalue weighted by Gasteiger charge is -2.14. The van der Waals surface area contributed by atoms with Gasteiger partial charge in [-0.3, -0.25) is 4.68 Å². The number of rotatable bonds is 4. The Bertz CT molecular complexity index is 652. The van der Waals surface area contributed by atoms with Crippen LogP contribution in [0.25, 0.3) is 11.1 Å². The third kappa shape index (κ3) is 2.93. The maximum atomic E-state index is 10.9. The molecular formula is C14H15ClN2O3. The Balaban J connectivity index is 2.48. The third-order valence-corrected chi connectivity index (χ3v) is 3.13. The van der Waals surface area contributed by atoms with Crippen molar-refractivity contribution in [3.63, 3.8) is 0 Å². The second-order valence-electron chi connectivity index (χ2n) is 4.54. The molecule has 0 aliphatic heterocycles. The van der Waals surface area contributed by atoms with Gasteiger partial charge in [-0.2, -0.15) is 5.10 Å². The number of aryl methyl sites for hydroxylation is 2. The van der Waals surface area contributed by atoms with E-state index < -0.39 is 12.1 Å². The van der Waals surface area contributed by atoms with Crippen molar-refractivity contribution in [1.82, 2.24) is 9.78 Å². The number of carboxylic acids is 1. The van der Waals surface area contributed by atoms with E-state index in [0.717, 1.165) is 16.8 Å². The highest BCUT2D eigenvalue weighted by Gasteiger charge is 2.18. The fourth-order valence-corrected chi connectivity index (χ4v) is 2.09. The minimum atomic E-state index is -1.02. The van der Waals surface area contributed by atoms with Gasteiger partial charge in [0.05, 0.1) is 5.69 Å². The number of nitrogens with zero attached hydrogens (tertiary/aromatic N) is 2. The van der Waals surface area contributed by atoms with Gasteiger partial charge < -0.3 is 9.84 Å². The van der Waals surface area contributed by atoms with E-state index in [0.29, 0.717) is 10.8 Å². The predicted octanol–water partition coefficient (Wildman–Crippen LogP) is 2.90. The number of hydrogen-bond donors (Lipinski definition) is 1. The van der Waals surface area contributed by atoms with Crippen molar-refractivity contribution in [3.8, 4) is 16.9 Å². The molecule has 2 rings (SSSR count). The monoisotopic (exact) mass is 294 g/mol. The highest BCUT2D eigenvalue weighted by Crippen LogP contribution is 2.34. The number of aliphatic carboxylic acids is 1. The minimum absolute atomic E-state index is 0.473. The molecule has 0 spiro atoms. The Labute approximate surface area is 121 Å². The van der Waals surface area contributed by atoms with Gasteiger partial charge in [-0.1, -0.05) is 11.6 Å². The number of aromatic nitrogens is 2. The summed E-state index contributed by atoms with van der Waals surface area (Å²) in [7, 11) is 1.82. The quantitative estimate of drug-likeness (QED) is 0.941. The molecule has 106 valence electrons. The summed E-state index contributed by atoms with van der Waals surface area (Å²) in [5.41, 5.74) is 2.42. The van der Waals surface area contributed by atoms with Crippen LogP contribution >= 0.6 is 11.6 Å². The average Bonchev–Trinajstić information content (AvgIpc) is 2.70. The van der Waals surface area contributed by atoms with Gasteiger partial charge >= 0.3 is 5.97 Å². The normalized spacial score (nSPS) is 12.2. The van der Waals surface area contributed by atoms with E-state index in [2.05, 4.69) is 5.10 Å². The number of carbonyl (C=O) groups is 1. The molecule has 1 atom stereocenters. The van der Waals surface area contributed by atoms with Gasteiger partial charge in [-0.25, -0.2) is 4.79 Å². The van der Waals surface area contributed by atoms with Gasteiger partial charge in [-0.05, 0) is 32.0 Å². The van der Waals surface area contributed by atoms with Crippen LogP contribution in [-0.4, -0.2) is 27.0 Å². The van der Waals surface area contributed by atoms with Gasteiger partial charge in [0.1, 0.15) is 5.75 Å². The molecule has 0 saturated heterocycles. The third-order valence-electron chi connectivity index (χ3n) is 2.90. The van der Waals surface area contributed by atoms with Crippen molar-refractivity contribution in [1.29, 1.82) is 0 Å². The first-order chi connectivity index (χ1) is 9.38. The highest BCUT2D eigenvalue weighted by atomic mass is 35.5. The summed E-state index contributed by atoms with van der Waals surface area (Å²) in [4.78, 5) is 10.9. The van der Waals surface area contributed by atoms with Crippen molar-refractivity contribution in [3.05, 3.63) is 35.1 Å². The van der Waals surface area contributed by atoms with Gasteiger partial charge in [0.2, 0.25) is 0 Å². The largest absolute Gasteiger partial charge is 0.479 e. The van der Waals surface area contributed by atoms with Crippen LogP contribution in [0.5, 0.6) is 5.75 Å². The Morgan fingerprint density at radius 2 is 2.15 bits per heavy atom. The molecule has 0 aliphatic rings. The first-order valence-corrected chi connectivity index (χ1v) is 6.46. The van der Waals surface area contributed by atoms with Crippen molar-refractivity contribution in [2.45, 2.75) is 20.0 Å². The summed E-state index contributed by atoms with van der Waals surface area (Å²) in [6, 6.07) is 5.08. The Kier molecular flexibility index (Phi) is 3.99. The van der Waals surface area contributed by atoms with Crippen LogP contribution in [0.1, 0.15) is 12.6 Å². The second-order valence-corrected chi connectivity index (χ2v) is 4.98. The summed E-state index contributed by atoms with van der Waals surface area (Å²) < 4.78 is 7.18. The SMILES string of the molecule is Cc1nn(C)cc1-c1cc(Cl)ccc1OC(C)C(=O)O. The number of ether oxygens (including phenoxy) is 1. The Morgan fingerprint density at radius 1 is 1.45 bits per heavy atom. The number of carboxylic acid groups (broad SMARTS) is 1. The number of halogens is 1. The van der Waals surface area contributed by atoms with E-state index in [9.17, 15) is 4.79 Å². The molecule has 0 amide bonds. The topological polar surface area (TPSA) is 64.4 Å². The van der Waals surface area contributed by atoms with Crippen molar-refractivity contribution < 1.29 is 14.6 Å². The second kappa shape index (κ2) is 5.54. The van der Waals surface area contributed by atoms with Crippen LogP contribution in [0.2, 0.25) is 5.02 Å². The summed E-state index contributed by atoms with van der Waals surface area (Å²) in [6.45, 7) is 3.36.